The zero-order valence-corrected chi connectivity index (χ0v) is 10.1. The maximum Gasteiger partial charge on any atom is 0.136 e. The van der Waals surface area contributed by atoms with E-state index in [0.29, 0.717) is 17.7 Å². The predicted molar refractivity (Wildman–Crippen MR) is 65.0 cm³/mol. The summed E-state index contributed by atoms with van der Waals surface area (Å²) < 4.78 is 13.8. The SMILES string of the molecule is CNCc1csc(-c2cccc(C)c2F)n1. The van der Waals surface area contributed by atoms with Gasteiger partial charge in [-0.25, -0.2) is 9.37 Å². The summed E-state index contributed by atoms with van der Waals surface area (Å²) in [7, 11) is 1.87. The molecule has 0 aliphatic heterocycles. The van der Waals surface area contributed by atoms with E-state index in [2.05, 4.69) is 10.3 Å². The first-order valence-electron chi connectivity index (χ1n) is 5.07. The summed E-state index contributed by atoms with van der Waals surface area (Å²) in [5.74, 6) is -0.173. The molecule has 0 bridgehead atoms. The normalized spacial score (nSPS) is 10.7. The quantitative estimate of drug-likeness (QED) is 0.886. The molecule has 0 fully saturated rings. The van der Waals surface area contributed by atoms with Crippen molar-refractivity contribution in [2.45, 2.75) is 13.5 Å². The van der Waals surface area contributed by atoms with Crippen LogP contribution in [0.4, 0.5) is 4.39 Å². The number of aryl methyl sites for hydroxylation is 1. The Morgan fingerprint density at radius 3 is 3.00 bits per heavy atom. The highest BCUT2D eigenvalue weighted by molar-refractivity contribution is 7.13. The number of hydrogen-bond donors (Lipinski definition) is 1. The van der Waals surface area contributed by atoms with Gasteiger partial charge in [0.1, 0.15) is 10.8 Å². The highest BCUT2D eigenvalue weighted by Crippen LogP contribution is 2.27. The van der Waals surface area contributed by atoms with Crippen LogP contribution in [-0.4, -0.2) is 12.0 Å². The second-order valence-electron chi connectivity index (χ2n) is 3.61. The Labute approximate surface area is 98.2 Å². The fraction of sp³-hybridized carbons (Fsp3) is 0.250. The number of nitrogens with one attached hydrogen (secondary N) is 1. The molecule has 0 aliphatic carbocycles. The van der Waals surface area contributed by atoms with E-state index in [4.69, 9.17) is 0 Å². The van der Waals surface area contributed by atoms with Gasteiger partial charge in [0.2, 0.25) is 0 Å². The molecule has 1 N–H and O–H groups in total. The van der Waals surface area contributed by atoms with E-state index >= 15 is 0 Å². The Morgan fingerprint density at radius 1 is 1.44 bits per heavy atom. The number of aromatic nitrogens is 1. The molecule has 1 aromatic heterocycles. The van der Waals surface area contributed by atoms with Crippen LogP contribution in [0, 0.1) is 12.7 Å². The monoisotopic (exact) mass is 236 g/mol. The van der Waals surface area contributed by atoms with Gasteiger partial charge >= 0.3 is 0 Å². The Balaban J connectivity index is 2.39. The molecular formula is C12H13FN2S. The van der Waals surface area contributed by atoms with Crippen molar-refractivity contribution >= 4 is 11.3 Å². The lowest BCUT2D eigenvalue weighted by Gasteiger charge is -2.01. The molecular weight excluding hydrogens is 223 g/mol. The molecule has 16 heavy (non-hydrogen) atoms. The molecule has 4 heteroatoms. The second-order valence-corrected chi connectivity index (χ2v) is 4.47. The van der Waals surface area contributed by atoms with Gasteiger partial charge in [-0.15, -0.1) is 11.3 Å². The van der Waals surface area contributed by atoms with Crippen LogP contribution in [-0.2, 0) is 6.54 Å². The second kappa shape index (κ2) is 4.72. The van der Waals surface area contributed by atoms with Crippen LogP contribution in [0.3, 0.4) is 0 Å². The molecule has 84 valence electrons. The van der Waals surface area contributed by atoms with Crippen LogP contribution in [0.5, 0.6) is 0 Å². The van der Waals surface area contributed by atoms with Crippen molar-refractivity contribution in [3.8, 4) is 10.6 Å². The van der Waals surface area contributed by atoms with Gasteiger partial charge in [0.15, 0.2) is 0 Å². The lowest BCUT2D eigenvalue weighted by Crippen LogP contribution is -2.04. The summed E-state index contributed by atoms with van der Waals surface area (Å²) in [4.78, 5) is 4.39. The topological polar surface area (TPSA) is 24.9 Å². The van der Waals surface area contributed by atoms with E-state index in [1.807, 2.05) is 18.5 Å². The van der Waals surface area contributed by atoms with Crippen molar-refractivity contribution in [3.63, 3.8) is 0 Å². The van der Waals surface area contributed by atoms with E-state index in [1.165, 1.54) is 11.3 Å². The average molecular weight is 236 g/mol. The van der Waals surface area contributed by atoms with Crippen molar-refractivity contribution in [1.29, 1.82) is 0 Å². The van der Waals surface area contributed by atoms with Crippen molar-refractivity contribution in [3.05, 3.63) is 40.7 Å². The maximum atomic E-state index is 13.8. The molecule has 0 aliphatic rings. The van der Waals surface area contributed by atoms with Gasteiger partial charge < -0.3 is 5.32 Å². The fourth-order valence-electron chi connectivity index (χ4n) is 1.51. The molecule has 0 spiro atoms. The molecule has 2 rings (SSSR count). The van der Waals surface area contributed by atoms with Gasteiger partial charge in [-0.1, -0.05) is 12.1 Å². The van der Waals surface area contributed by atoms with Crippen molar-refractivity contribution < 1.29 is 4.39 Å². The summed E-state index contributed by atoms with van der Waals surface area (Å²) >= 11 is 1.47. The van der Waals surface area contributed by atoms with Gasteiger partial charge in [-0.05, 0) is 25.6 Å². The van der Waals surface area contributed by atoms with E-state index in [1.54, 1.807) is 19.1 Å². The highest BCUT2D eigenvalue weighted by Gasteiger charge is 2.10. The molecule has 0 saturated heterocycles. The van der Waals surface area contributed by atoms with Gasteiger partial charge in [-0.2, -0.15) is 0 Å². The third-order valence-corrected chi connectivity index (χ3v) is 3.26. The number of benzene rings is 1. The third-order valence-electron chi connectivity index (χ3n) is 2.33. The van der Waals surface area contributed by atoms with Crippen molar-refractivity contribution in [1.82, 2.24) is 10.3 Å². The fourth-order valence-corrected chi connectivity index (χ4v) is 2.34. The first-order chi connectivity index (χ1) is 7.72. The summed E-state index contributed by atoms with van der Waals surface area (Å²) in [5, 5.41) is 5.72. The Bertz CT molecular complexity index is 494. The van der Waals surface area contributed by atoms with Crippen LogP contribution >= 0.6 is 11.3 Å². The molecule has 0 radical (unpaired) electrons. The van der Waals surface area contributed by atoms with Gasteiger partial charge in [0.25, 0.3) is 0 Å². The first-order valence-corrected chi connectivity index (χ1v) is 5.95. The minimum Gasteiger partial charge on any atom is -0.314 e. The molecule has 2 aromatic rings. The molecule has 0 saturated carbocycles. The summed E-state index contributed by atoms with van der Waals surface area (Å²) in [6.45, 7) is 2.48. The Kier molecular flexibility index (Phi) is 3.31. The number of halogens is 1. The van der Waals surface area contributed by atoms with Crippen molar-refractivity contribution in [2.24, 2.45) is 0 Å². The van der Waals surface area contributed by atoms with E-state index < -0.39 is 0 Å². The van der Waals surface area contributed by atoms with Crippen LogP contribution in [0.25, 0.3) is 10.6 Å². The molecule has 1 aromatic carbocycles. The standard InChI is InChI=1S/C12H13FN2S/c1-8-4-3-5-10(11(8)13)12-15-9(6-14-2)7-16-12/h3-5,7,14H,6H2,1-2H3. The molecule has 0 amide bonds. The van der Waals surface area contributed by atoms with Crippen LogP contribution in [0.2, 0.25) is 0 Å². The number of nitrogens with zero attached hydrogens (tertiary/aromatic N) is 1. The summed E-state index contributed by atoms with van der Waals surface area (Å²) in [5.41, 5.74) is 2.19. The zero-order chi connectivity index (χ0) is 11.5. The molecule has 1 heterocycles. The van der Waals surface area contributed by atoms with Gasteiger partial charge in [0.05, 0.1) is 5.69 Å². The average Bonchev–Trinajstić information content (AvgIpc) is 2.71. The molecule has 0 atom stereocenters. The predicted octanol–water partition coefficient (Wildman–Crippen LogP) is 2.98. The smallest absolute Gasteiger partial charge is 0.136 e. The van der Waals surface area contributed by atoms with Crippen LogP contribution in [0.15, 0.2) is 23.6 Å². The van der Waals surface area contributed by atoms with Gasteiger partial charge in [0, 0.05) is 17.5 Å². The molecule has 2 nitrogen and oxygen atoms in total. The number of rotatable bonds is 3. The van der Waals surface area contributed by atoms with Crippen molar-refractivity contribution in [2.75, 3.05) is 7.05 Å². The number of thiazole rings is 1. The number of hydrogen-bond acceptors (Lipinski definition) is 3. The highest BCUT2D eigenvalue weighted by atomic mass is 32.1. The zero-order valence-electron chi connectivity index (χ0n) is 9.25. The maximum absolute atomic E-state index is 13.8. The Morgan fingerprint density at radius 2 is 2.25 bits per heavy atom. The van der Waals surface area contributed by atoms with Gasteiger partial charge in [-0.3, -0.25) is 0 Å². The lowest BCUT2D eigenvalue weighted by molar-refractivity contribution is 0.622. The van der Waals surface area contributed by atoms with E-state index in [9.17, 15) is 4.39 Å². The lowest BCUT2D eigenvalue weighted by atomic mass is 10.1. The first kappa shape index (κ1) is 11.2. The van der Waals surface area contributed by atoms with E-state index in [-0.39, 0.29) is 5.82 Å². The largest absolute Gasteiger partial charge is 0.314 e. The molecule has 0 unspecified atom stereocenters. The summed E-state index contributed by atoms with van der Waals surface area (Å²) in [6.07, 6.45) is 0. The minimum atomic E-state index is -0.173. The summed E-state index contributed by atoms with van der Waals surface area (Å²) in [6, 6.07) is 5.39. The van der Waals surface area contributed by atoms with E-state index in [0.717, 1.165) is 10.7 Å². The van der Waals surface area contributed by atoms with Crippen LogP contribution < -0.4 is 5.32 Å². The van der Waals surface area contributed by atoms with Crippen LogP contribution in [0.1, 0.15) is 11.3 Å². The Hall–Kier alpha value is -1.26. The third kappa shape index (κ3) is 2.13. The minimum absolute atomic E-state index is 0.173.